The van der Waals surface area contributed by atoms with Gasteiger partial charge in [-0.05, 0) is 24.3 Å². The van der Waals surface area contributed by atoms with Crippen LogP contribution in [0.15, 0.2) is 41.0 Å². The second kappa shape index (κ2) is 7.91. The average Bonchev–Trinajstić information content (AvgIpc) is 3.18. The number of nitro benzene ring substituents is 1. The van der Waals surface area contributed by atoms with Gasteiger partial charge in [-0.1, -0.05) is 0 Å². The van der Waals surface area contributed by atoms with E-state index >= 15 is 0 Å². The topological polar surface area (TPSA) is 79.8 Å². The molecule has 0 N–H and O–H groups in total. The van der Waals surface area contributed by atoms with Gasteiger partial charge in [0.05, 0.1) is 16.7 Å². The van der Waals surface area contributed by atoms with E-state index in [1.807, 2.05) is 0 Å². The van der Waals surface area contributed by atoms with Gasteiger partial charge in [0.25, 0.3) is 5.69 Å². The maximum atomic E-state index is 12.8. The Kier molecular flexibility index (Phi) is 5.57. The minimum absolute atomic E-state index is 0.0574. The standard InChI is InChI=1S/C18H18F3N3O4/c19-18(20,21)13-3-5-15(16(12-13)24(26)27)22-7-9-23(10-8-22)17(25)6-4-14-2-1-11-28-14/h1-3,5,11-12H,4,6-10H2. The molecule has 1 aromatic carbocycles. The largest absolute Gasteiger partial charge is 0.469 e. The van der Waals surface area contributed by atoms with Crippen LogP contribution in [0.4, 0.5) is 24.5 Å². The molecule has 0 saturated carbocycles. The molecule has 28 heavy (non-hydrogen) atoms. The highest BCUT2D eigenvalue weighted by atomic mass is 19.4. The number of anilines is 1. The summed E-state index contributed by atoms with van der Waals surface area (Å²) in [6, 6.07) is 6.04. The Bertz CT molecular complexity index is 844. The molecule has 1 fully saturated rings. The number of hydrogen-bond donors (Lipinski definition) is 0. The van der Waals surface area contributed by atoms with Crippen LogP contribution >= 0.6 is 0 Å². The molecule has 0 atom stereocenters. The van der Waals surface area contributed by atoms with Gasteiger partial charge >= 0.3 is 6.18 Å². The Balaban J connectivity index is 1.64. The summed E-state index contributed by atoms with van der Waals surface area (Å²) in [6.45, 7) is 1.29. The fourth-order valence-corrected chi connectivity index (χ4v) is 3.15. The van der Waals surface area contributed by atoms with E-state index in [1.54, 1.807) is 21.9 Å². The molecule has 1 amide bonds. The molecule has 0 radical (unpaired) electrons. The molecule has 3 rings (SSSR count). The maximum absolute atomic E-state index is 12.8. The number of nitro groups is 1. The van der Waals surface area contributed by atoms with Crippen molar-refractivity contribution in [1.29, 1.82) is 0 Å². The number of aryl methyl sites for hydroxylation is 1. The summed E-state index contributed by atoms with van der Waals surface area (Å²) >= 11 is 0. The highest BCUT2D eigenvalue weighted by Gasteiger charge is 2.34. The van der Waals surface area contributed by atoms with Crippen molar-refractivity contribution in [2.24, 2.45) is 0 Å². The maximum Gasteiger partial charge on any atom is 0.416 e. The number of piperazine rings is 1. The zero-order valence-corrected chi connectivity index (χ0v) is 14.8. The quantitative estimate of drug-likeness (QED) is 0.570. The first-order valence-corrected chi connectivity index (χ1v) is 8.66. The fraction of sp³-hybridized carbons (Fsp3) is 0.389. The summed E-state index contributed by atoms with van der Waals surface area (Å²) in [4.78, 5) is 26.0. The van der Waals surface area contributed by atoms with Crippen molar-refractivity contribution in [1.82, 2.24) is 4.90 Å². The Labute approximate surface area is 158 Å². The fourth-order valence-electron chi connectivity index (χ4n) is 3.15. The minimum Gasteiger partial charge on any atom is -0.469 e. The lowest BCUT2D eigenvalue weighted by Gasteiger charge is -2.36. The second-order valence-electron chi connectivity index (χ2n) is 6.41. The van der Waals surface area contributed by atoms with Gasteiger partial charge in [-0.25, -0.2) is 0 Å². The van der Waals surface area contributed by atoms with Crippen molar-refractivity contribution < 1.29 is 27.3 Å². The van der Waals surface area contributed by atoms with E-state index in [0.717, 1.165) is 12.1 Å². The van der Waals surface area contributed by atoms with Crippen LogP contribution < -0.4 is 4.90 Å². The van der Waals surface area contributed by atoms with E-state index in [-0.39, 0.29) is 18.0 Å². The van der Waals surface area contributed by atoms with Crippen LogP contribution in [0.1, 0.15) is 17.7 Å². The third-order valence-electron chi connectivity index (χ3n) is 4.64. The van der Waals surface area contributed by atoms with E-state index in [0.29, 0.717) is 44.4 Å². The van der Waals surface area contributed by atoms with Crippen LogP contribution in [-0.4, -0.2) is 41.9 Å². The Hall–Kier alpha value is -3.04. The molecule has 0 bridgehead atoms. The van der Waals surface area contributed by atoms with Gasteiger partial charge in [-0.15, -0.1) is 0 Å². The summed E-state index contributed by atoms with van der Waals surface area (Å²) < 4.78 is 43.7. The summed E-state index contributed by atoms with van der Waals surface area (Å²) in [5.41, 5.74) is -1.53. The number of alkyl halides is 3. The van der Waals surface area contributed by atoms with Crippen LogP contribution in [0.3, 0.4) is 0 Å². The van der Waals surface area contributed by atoms with E-state index < -0.39 is 22.4 Å². The lowest BCUT2D eigenvalue weighted by Crippen LogP contribution is -2.49. The normalized spacial score (nSPS) is 15.0. The first-order valence-electron chi connectivity index (χ1n) is 8.66. The van der Waals surface area contributed by atoms with Crippen LogP contribution in [0, 0.1) is 10.1 Å². The first-order chi connectivity index (χ1) is 13.3. The lowest BCUT2D eigenvalue weighted by molar-refractivity contribution is -0.384. The number of carbonyl (C=O) groups is 1. The van der Waals surface area contributed by atoms with E-state index in [2.05, 4.69) is 0 Å². The Morgan fingerprint density at radius 3 is 2.46 bits per heavy atom. The average molecular weight is 397 g/mol. The number of hydrogen-bond acceptors (Lipinski definition) is 5. The molecule has 2 aromatic rings. The number of benzene rings is 1. The molecule has 0 spiro atoms. The molecule has 2 heterocycles. The number of nitrogens with zero attached hydrogens (tertiary/aromatic N) is 3. The summed E-state index contributed by atoms with van der Waals surface area (Å²) in [5.74, 6) is 0.658. The van der Waals surface area contributed by atoms with Gasteiger partial charge < -0.3 is 14.2 Å². The molecule has 7 nitrogen and oxygen atoms in total. The first kappa shape index (κ1) is 19.7. The van der Waals surface area contributed by atoms with Crippen LogP contribution in [0.2, 0.25) is 0 Å². The van der Waals surface area contributed by atoms with Gasteiger partial charge in [0.15, 0.2) is 0 Å². The van der Waals surface area contributed by atoms with Crippen molar-refractivity contribution >= 4 is 17.3 Å². The number of furan rings is 1. The van der Waals surface area contributed by atoms with Crippen LogP contribution in [-0.2, 0) is 17.4 Å². The Morgan fingerprint density at radius 2 is 1.89 bits per heavy atom. The number of halogens is 3. The van der Waals surface area contributed by atoms with Crippen molar-refractivity contribution in [2.75, 3.05) is 31.1 Å². The van der Waals surface area contributed by atoms with Crippen LogP contribution in [0.25, 0.3) is 0 Å². The zero-order chi connectivity index (χ0) is 20.3. The van der Waals surface area contributed by atoms with E-state index in [9.17, 15) is 28.1 Å². The molecule has 150 valence electrons. The number of carbonyl (C=O) groups excluding carboxylic acids is 1. The highest BCUT2D eigenvalue weighted by molar-refractivity contribution is 5.77. The van der Waals surface area contributed by atoms with Crippen molar-refractivity contribution in [3.63, 3.8) is 0 Å². The van der Waals surface area contributed by atoms with Crippen molar-refractivity contribution in [2.45, 2.75) is 19.0 Å². The molecule has 1 aliphatic rings. The zero-order valence-electron chi connectivity index (χ0n) is 14.8. The predicted molar refractivity (Wildman–Crippen MR) is 93.9 cm³/mol. The minimum atomic E-state index is -4.65. The predicted octanol–water partition coefficient (Wildman–Crippen LogP) is 3.49. The molecule has 10 heteroatoms. The summed E-state index contributed by atoms with van der Waals surface area (Å²) in [5, 5.41) is 11.3. The van der Waals surface area contributed by atoms with Gasteiger partial charge in [0.1, 0.15) is 11.4 Å². The van der Waals surface area contributed by atoms with Gasteiger partial charge in [-0.3, -0.25) is 14.9 Å². The molecular formula is C18H18F3N3O4. The lowest BCUT2D eigenvalue weighted by atomic mass is 10.1. The molecule has 1 saturated heterocycles. The van der Waals surface area contributed by atoms with Crippen molar-refractivity contribution in [3.05, 3.63) is 58.0 Å². The summed E-state index contributed by atoms with van der Waals surface area (Å²) in [6.07, 6.45) is -2.34. The number of amides is 1. The number of rotatable bonds is 5. The van der Waals surface area contributed by atoms with Gasteiger partial charge in [0, 0.05) is 45.1 Å². The Morgan fingerprint density at radius 1 is 1.18 bits per heavy atom. The van der Waals surface area contributed by atoms with Crippen LogP contribution in [0.5, 0.6) is 0 Å². The third-order valence-corrected chi connectivity index (χ3v) is 4.64. The smallest absolute Gasteiger partial charge is 0.416 e. The SMILES string of the molecule is O=C(CCc1ccco1)N1CCN(c2ccc(C(F)(F)F)cc2[N+](=O)[O-])CC1. The molecule has 1 aromatic heterocycles. The molecule has 1 aliphatic heterocycles. The molecule has 0 unspecified atom stereocenters. The highest BCUT2D eigenvalue weighted by Crippen LogP contribution is 2.36. The summed E-state index contributed by atoms with van der Waals surface area (Å²) in [7, 11) is 0. The molecular weight excluding hydrogens is 379 g/mol. The van der Waals surface area contributed by atoms with E-state index in [4.69, 9.17) is 4.42 Å². The van der Waals surface area contributed by atoms with Crippen molar-refractivity contribution in [3.8, 4) is 0 Å². The monoisotopic (exact) mass is 397 g/mol. The van der Waals surface area contributed by atoms with Gasteiger partial charge in [0.2, 0.25) is 5.91 Å². The molecule has 0 aliphatic carbocycles. The third kappa shape index (κ3) is 4.44. The second-order valence-corrected chi connectivity index (χ2v) is 6.41. The van der Waals surface area contributed by atoms with E-state index in [1.165, 1.54) is 6.26 Å². The van der Waals surface area contributed by atoms with Gasteiger partial charge in [-0.2, -0.15) is 13.2 Å².